The third-order valence-corrected chi connectivity index (χ3v) is 3.76. The maximum atomic E-state index is 5.98. The van der Waals surface area contributed by atoms with Crippen molar-refractivity contribution in [1.29, 1.82) is 0 Å². The molecule has 0 saturated carbocycles. The number of nitrogens with two attached hydrogens (primary N) is 1. The molecule has 0 aliphatic rings. The summed E-state index contributed by atoms with van der Waals surface area (Å²) in [5.41, 5.74) is 11.2. The van der Waals surface area contributed by atoms with Gasteiger partial charge in [0.25, 0.3) is 0 Å². The first-order valence-corrected chi connectivity index (χ1v) is 7.04. The number of benzene rings is 2. The summed E-state index contributed by atoms with van der Waals surface area (Å²) in [5.74, 6) is 0.708. The number of hydrogen-bond acceptors (Lipinski definition) is 3. The van der Waals surface area contributed by atoms with Crippen LogP contribution in [0.1, 0.15) is 16.8 Å². The maximum Gasteiger partial charge on any atom is 0.153 e. The molecule has 1 aromatic heterocycles. The molecule has 2 aromatic carbocycles. The monoisotopic (exact) mass is 281 g/mol. The van der Waals surface area contributed by atoms with Crippen LogP contribution in [-0.2, 0) is 12.8 Å². The normalized spacial score (nSPS) is 11.0. The number of nitrogens with one attached hydrogen (secondary N) is 1. The van der Waals surface area contributed by atoms with Crippen LogP contribution < -0.4 is 10.5 Å². The van der Waals surface area contributed by atoms with E-state index in [0.29, 0.717) is 11.4 Å². The minimum absolute atomic E-state index is 0.642. The zero-order valence-corrected chi connectivity index (χ0v) is 12.3. The molecule has 4 nitrogen and oxygen atoms in total. The molecule has 21 heavy (non-hydrogen) atoms. The highest BCUT2D eigenvalue weighted by atomic mass is 16.5. The third-order valence-electron chi connectivity index (χ3n) is 3.76. The van der Waals surface area contributed by atoms with Gasteiger partial charge in [0.1, 0.15) is 0 Å². The number of anilines is 1. The molecule has 3 rings (SSSR count). The van der Waals surface area contributed by atoms with Crippen molar-refractivity contribution in [3.05, 3.63) is 53.2 Å². The second kappa shape index (κ2) is 5.48. The molecule has 4 heteroatoms. The van der Waals surface area contributed by atoms with Crippen molar-refractivity contribution in [3.63, 3.8) is 0 Å². The average Bonchev–Trinajstić information content (AvgIpc) is 2.90. The van der Waals surface area contributed by atoms with Crippen LogP contribution >= 0.6 is 0 Å². The SMILES string of the molecule is COc1c(N)ccc2[nH]nc(CCc3ccc(C)cc3)c12. The van der Waals surface area contributed by atoms with Gasteiger partial charge in [-0.05, 0) is 37.5 Å². The quantitative estimate of drug-likeness (QED) is 0.721. The van der Waals surface area contributed by atoms with Crippen LogP contribution in [0, 0.1) is 6.92 Å². The van der Waals surface area contributed by atoms with Gasteiger partial charge in [-0.2, -0.15) is 5.10 Å². The van der Waals surface area contributed by atoms with Gasteiger partial charge in [-0.3, -0.25) is 5.10 Å². The van der Waals surface area contributed by atoms with Crippen LogP contribution in [0.15, 0.2) is 36.4 Å². The topological polar surface area (TPSA) is 63.9 Å². The highest BCUT2D eigenvalue weighted by molar-refractivity contribution is 5.92. The van der Waals surface area contributed by atoms with Crippen LogP contribution in [0.5, 0.6) is 5.75 Å². The molecule has 3 N–H and O–H groups in total. The highest BCUT2D eigenvalue weighted by Gasteiger charge is 2.13. The molecular formula is C17H19N3O. The van der Waals surface area contributed by atoms with E-state index in [4.69, 9.17) is 10.5 Å². The summed E-state index contributed by atoms with van der Waals surface area (Å²) >= 11 is 0. The smallest absolute Gasteiger partial charge is 0.153 e. The van der Waals surface area contributed by atoms with Gasteiger partial charge in [0.15, 0.2) is 5.75 Å². The van der Waals surface area contributed by atoms with E-state index in [1.54, 1.807) is 7.11 Å². The molecule has 0 amide bonds. The van der Waals surface area contributed by atoms with E-state index in [-0.39, 0.29) is 0 Å². The van der Waals surface area contributed by atoms with Crippen molar-refractivity contribution >= 4 is 16.6 Å². The fraction of sp³-hybridized carbons (Fsp3) is 0.235. The number of hydrogen-bond donors (Lipinski definition) is 2. The van der Waals surface area contributed by atoms with Crippen LogP contribution in [-0.4, -0.2) is 17.3 Å². The number of nitrogens with zero attached hydrogens (tertiary/aromatic N) is 1. The number of aryl methyl sites for hydroxylation is 3. The molecule has 0 saturated heterocycles. The first-order valence-electron chi connectivity index (χ1n) is 7.04. The lowest BCUT2D eigenvalue weighted by molar-refractivity contribution is 0.421. The highest BCUT2D eigenvalue weighted by Crippen LogP contribution is 2.33. The van der Waals surface area contributed by atoms with Crippen molar-refractivity contribution in [2.45, 2.75) is 19.8 Å². The van der Waals surface area contributed by atoms with E-state index in [0.717, 1.165) is 29.4 Å². The van der Waals surface area contributed by atoms with Crippen LogP contribution in [0.3, 0.4) is 0 Å². The summed E-state index contributed by atoms with van der Waals surface area (Å²) in [6.07, 6.45) is 1.79. The van der Waals surface area contributed by atoms with E-state index in [1.165, 1.54) is 11.1 Å². The predicted molar refractivity (Wildman–Crippen MR) is 85.6 cm³/mol. The van der Waals surface area contributed by atoms with Gasteiger partial charge in [-0.15, -0.1) is 0 Å². The number of aromatic nitrogens is 2. The fourth-order valence-electron chi connectivity index (χ4n) is 2.58. The van der Waals surface area contributed by atoms with Crippen molar-refractivity contribution in [3.8, 4) is 5.75 Å². The molecule has 0 spiro atoms. The Labute approximate surface area is 123 Å². The van der Waals surface area contributed by atoms with Crippen LogP contribution in [0.2, 0.25) is 0 Å². The average molecular weight is 281 g/mol. The first-order chi connectivity index (χ1) is 10.2. The molecule has 0 atom stereocenters. The molecule has 108 valence electrons. The summed E-state index contributed by atoms with van der Waals surface area (Å²) in [7, 11) is 1.64. The number of nitrogen functional groups attached to an aromatic ring is 1. The van der Waals surface area contributed by atoms with E-state index < -0.39 is 0 Å². The molecule has 0 aliphatic heterocycles. The van der Waals surface area contributed by atoms with Crippen LogP contribution in [0.4, 0.5) is 5.69 Å². The second-order valence-electron chi connectivity index (χ2n) is 5.27. The van der Waals surface area contributed by atoms with Gasteiger partial charge in [0.2, 0.25) is 0 Å². The number of H-pyrrole nitrogens is 1. The summed E-state index contributed by atoms with van der Waals surface area (Å²) < 4.78 is 5.44. The van der Waals surface area contributed by atoms with Crippen molar-refractivity contribution in [2.24, 2.45) is 0 Å². The Morgan fingerprint density at radius 1 is 1.10 bits per heavy atom. The molecule has 0 fully saturated rings. The number of rotatable bonds is 4. The molecule has 0 aliphatic carbocycles. The lowest BCUT2D eigenvalue weighted by atomic mass is 10.0. The minimum Gasteiger partial charge on any atom is -0.494 e. The summed E-state index contributed by atoms with van der Waals surface area (Å²) in [5, 5.41) is 8.46. The van der Waals surface area contributed by atoms with Gasteiger partial charge in [-0.25, -0.2) is 0 Å². The summed E-state index contributed by atoms with van der Waals surface area (Å²) in [4.78, 5) is 0. The maximum absolute atomic E-state index is 5.98. The Hall–Kier alpha value is -2.49. The number of ether oxygens (including phenoxy) is 1. The molecule has 0 unspecified atom stereocenters. The molecular weight excluding hydrogens is 262 g/mol. The van der Waals surface area contributed by atoms with Crippen molar-refractivity contribution in [1.82, 2.24) is 10.2 Å². The molecule has 0 radical (unpaired) electrons. The van der Waals surface area contributed by atoms with Crippen molar-refractivity contribution in [2.75, 3.05) is 12.8 Å². The Morgan fingerprint density at radius 3 is 2.57 bits per heavy atom. The Balaban J connectivity index is 1.90. The van der Waals surface area contributed by atoms with Gasteiger partial charge in [-0.1, -0.05) is 29.8 Å². The fourth-order valence-corrected chi connectivity index (χ4v) is 2.58. The van der Waals surface area contributed by atoms with E-state index in [2.05, 4.69) is 41.4 Å². The Bertz CT molecular complexity index is 760. The zero-order valence-electron chi connectivity index (χ0n) is 12.3. The zero-order chi connectivity index (χ0) is 14.8. The van der Waals surface area contributed by atoms with Gasteiger partial charge >= 0.3 is 0 Å². The first kappa shape index (κ1) is 13.5. The predicted octanol–water partition coefficient (Wildman–Crippen LogP) is 3.25. The van der Waals surface area contributed by atoms with Crippen LogP contribution in [0.25, 0.3) is 10.9 Å². The standard InChI is InChI=1S/C17H19N3O/c1-11-3-5-12(6-4-11)7-9-14-16-15(20-19-14)10-8-13(18)17(16)21-2/h3-6,8,10H,7,9,18H2,1-2H3,(H,19,20). The number of fused-ring (bicyclic) bond motifs is 1. The van der Waals surface area contributed by atoms with Gasteiger partial charge in [0.05, 0.1) is 29.4 Å². The molecule has 0 bridgehead atoms. The lowest BCUT2D eigenvalue weighted by Gasteiger charge is -2.07. The lowest BCUT2D eigenvalue weighted by Crippen LogP contribution is -1.96. The number of methoxy groups -OCH3 is 1. The second-order valence-corrected chi connectivity index (χ2v) is 5.27. The van der Waals surface area contributed by atoms with E-state index in [9.17, 15) is 0 Å². The molecule has 1 heterocycles. The molecule has 3 aromatic rings. The van der Waals surface area contributed by atoms with E-state index in [1.807, 2.05) is 12.1 Å². The summed E-state index contributed by atoms with van der Waals surface area (Å²) in [6.45, 7) is 2.10. The third kappa shape index (κ3) is 2.57. The summed E-state index contributed by atoms with van der Waals surface area (Å²) in [6, 6.07) is 12.4. The van der Waals surface area contributed by atoms with Gasteiger partial charge in [0, 0.05) is 0 Å². The number of aromatic amines is 1. The Kier molecular flexibility index (Phi) is 3.52. The minimum atomic E-state index is 0.642. The Morgan fingerprint density at radius 2 is 1.86 bits per heavy atom. The largest absolute Gasteiger partial charge is 0.494 e. The van der Waals surface area contributed by atoms with Gasteiger partial charge < -0.3 is 10.5 Å². The van der Waals surface area contributed by atoms with Crippen molar-refractivity contribution < 1.29 is 4.74 Å². The van der Waals surface area contributed by atoms with E-state index >= 15 is 0 Å².